The fourth-order valence-corrected chi connectivity index (χ4v) is 3.61. The molecule has 0 spiro atoms. The molecule has 3 aromatic carbocycles. The lowest BCUT2D eigenvalue weighted by Gasteiger charge is -2.14. The van der Waals surface area contributed by atoms with E-state index in [9.17, 15) is 14.4 Å². The Hall–Kier alpha value is -3.84. The van der Waals surface area contributed by atoms with Crippen LogP contribution >= 0.6 is 11.6 Å². The average molecular weight is 450 g/mol. The zero-order valence-corrected chi connectivity index (χ0v) is 18.0. The van der Waals surface area contributed by atoms with E-state index in [0.717, 1.165) is 10.1 Å². The number of benzene rings is 3. The van der Waals surface area contributed by atoms with Crippen LogP contribution in [0.5, 0.6) is 5.75 Å². The molecule has 0 unspecified atom stereocenters. The van der Waals surface area contributed by atoms with E-state index in [1.807, 2.05) is 0 Å². The molecular weight excluding hydrogens is 430 g/mol. The second kappa shape index (κ2) is 9.11. The highest BCUT2D eigenvalue weighted by Crippen LogP contribution is 2.17. The number of aromatic nitrogens is 2. The summed E-state index contributed by atoms with van der Waals surface area (Å²) in [6.07, 6.45) is 0. The molecule has 32 heavy (non-hydrogen) atoms. The molecule has 7 nitrogen and oxygen atoms in total. The number of carbonyl (C=O) groups excluding carboxylic acids is 1. The van der Waals surface area contributed by atoms with Crippen LogP contribution in [0.15, 0.2) is 82.4 Å². The summed E-state index contributed by atoms with van der Waals surface area (Å²) in [6.45, 7) is -0.186. The van der Waals surface area contributed by atoms with Gasteiger partial charge in [-0.05, 0) is 42.0 Å². The summed E-state index contributed by atoms with van der Waals surface area (Å²) in [5.74, 6) is 0.198. The summed E-state index contributed by atoms with van der Waals surface area (Å²) >= 11 is 5.94. The second-order valence-corrected chi connectivity index (χ2v) is 7.62. The third-order valence-electron chi connectivity index (χ3n) is 5.04. The van der Waals surface area contributed by atoms with E-state index in [2.05, 4.69) is 5.32 Å². The molecule has 8 heteroatoms. The van der Waals surface area contributed by atoms with Gasteiger partial charge in [0.25, 0.3) is 5.56 Å². The Morgan fingerprint density at radius 2 is 1.72 bits per heavy atom. The van der Waals surface area contributed by atoms with Crippen LogP contribution in [0.3, 0.4) is 0 Å². The lowest BCUT2D eigenvalue weighted by Crippen LogP contribution is -2.42. The molecule has 1 amide bonds. The summed E-state index contributed by atoms with van der Waals surface area (Å²) < 4.78 is 7.61. The number of halogens is 1. The normalized spacial score (nSPS) is 10.8. The van der Waals surface area contributed by atoms with Gasteiger partial charge >= 0.3 is 5.69 Å². The van der Waals surface area contributed by atoms with Crippen molar-refractivity contribution in [1.82, 2.24) is 9.13 Å². The number of hydrogen-bond donors (Lipinski definition) is 1. The molecule has 1 heterocycles. The monoisotopic (exact) mass is 449 g/mol. The molecule has 0 bridgehead atoms. The van der Waals surface area contributed by atoms with Gasteiger partial charge in [0, 0.05) is 16.8 Å². The van der Waals surface area contributed by atoms with Gasteiger partial charge in [0.05, 0.1) is 24.6 Å². The number of anilines is 1. The molecular formula is C24H20ClN3O4. The van der Waals surface area contributed by atoms with Crippen molar-refractivity contribution in [3.63, 3.8) is 0 Å². The maximum absolute atomic E-state index is 13.3. The Balaban J connectivity index is 1.73. The number of fused-ring (bicyclic) bond motifs is 1. The van der Waals surface area contributed by atoms with Crippen LogP contribution in [0, 0.1) is 0 Å². The van der Waals surface area contributed by atoms with E-state index in [1.165, 1.54) is 11.7 Å². The molecule has 0 aliphatic rings. The van der Waals surface area contributed by atoms with Gasteiger partial charge in [0.1, 0.15) is 12.3 Å². The number of para-hydroxylation sites is 1. The third-order valence-corrected chi connectivity index (χ3v) is 5.29. The van der Waals surface area contributed by atoms with Crippen LogP contribution in [0.25, 0.3) is 10.9 Å². The fourth-order valence-electron chi connectivity index (χ4n) is 3.48. The van der Waals surface area contributed by atoms with Crippen molar-refractivity contribution in [3.05, 3.63) is 104 Å². The molecule has 0 atom stereocenters. The first-order chi connectivity index (χ1) is 15.5. The number of methoxy groups -OCH3 is 1. The zero-order chi connectivity index (χ0) is 22.7. The van der Waals surface area contributed by atoms with E-state index in [-0.39, 0.29) is 13.1 Å². The molecule has 0 saturated carbocycles. The average Bonchev–Trinajstić information content (AvgIpc) is 2.81. The van der Waals surface area contributed by atoms with Crippen LogP contribution in [-0.2, 0) is 17.9 Å². The van der Waals surface area contributed by atoms with Crippen molar-refractivity contribution in [2.45, 2.75) is 13.1 Å². The van der Waals surface area contributed by atoms with Gasteiger partial charge in [-0.25, -0.2) is 4.79 Å². The zero-order valence-electron chi connectivity index (χ0n) is 17.2. The molecule has 0 aliphatic heterocycles. The highest BCUT2D eigenvalue weighted by atomic mass is 35.5. The molecule has 0 aliphatic carbocycles. The first kappa shape index (κ1) is 21.4. The molecule has 0 saturated heterocycles. The van der Waals surface area contributed by atoms with Crippen LogP contribution in [-0.4, -0.2) is 22.2 Å². The minimum atomic E-state index is -0.565. The number of ether oxygens (including phenoxy) is 1. The quantitative estimate of drug-likeness (QED) is 0.488. The van der Waals surface area contributed by atoms with Crippen molar-refractivity contribution < 1.29 is 9.53 Å². The van der Waals surface area contributed by atoms with Gasteiger partial charge in [-0.1, -0.05) is 41.9 Å². The molecule has 0 fully saturated rings. The third kappa shape index (κ3) is 4.43. The van der Waals surface area contributed by atoms with E-state index in [0.29, 0.717) is 27.4 Å². The van der Waals surface area contributed by atoms with Gasteiger partial charge < -0.3 is 10.1 Å². The molecule has 4 aromatic rings. The van der Waals surface area contributed by atoms with E-state index in [1.54, 1.807) is 72.8 Å². The number of carbonyl (C=O) groups is 1. The summed E-state index contributed by atoms with van der Waals surface area (Å²) in [5.41, 5.74) is 0.711. The number of nitrogens with one attached hydrogen (secondary N) is 1. The Morgan fingerprint density at radius 1 is 0.969 bits per heavy atom. The molecule has 1 N–H and O–H groups in total. The first-order valence-corrected chi connectivity index (χ1v) is 10.2. The lowest BCUT2D eigenvalue weighted by molar-refractivity contribution is -0.116. The maximum atomic E-state index is 13.3. The highest BCUT2D eigenvalue weighted by molar-refractivity contribution is 6.30. The fraction of sp³-hybridized carbons (Fsp3) is 0.125. The molecule has 0 radical (unpaired) electrons. The predicted octanol–water partition coefficient (Wildman–Crippen LogP) is 3.51. The first-order valence-electron chi connectivity index (χ1n) is 9.87. The summed E-state index contributed by atoms with van der Waals surface area (Å²) in [5, 5.41) is 3.68. The molecule has 162 valence electrons. The van der Waals surface area contributed by atoms with Crippen LogP contribution in [0.2, 0.25) is 5.02 Å². The van der Waals surface area contributed by atoms with Crippen LogP contribution in [0.4, 0.5) is 5.69 Å². The van der Waals surface area contributed by atoms with Crippen LogP contribution in [0.1, 0.15) is 5.56 Å². The van der Waals surface area contributed by atoms with Crippen molar-refractivity contribution in [2.75, 3.05) is 12.4 Å². The SMILES string of the molecule is COc1cccc(NC(=O)Cn2c(=O)n(Cc3ccc(Cl)cc3)c(=O)c3ccccc32)c1. The van der Waals surface area contributed by atoms with E-state index in [4.69, 9.17) is 16.3 Å². The van der Waals surface area contributed by atoms with Crippen LogP contribution < -0.4 is 21.3 Å². The highest BCUT2D eigenvalue weighted by Gasteiger charge is 2.16. The number of hydrogen-bond acceptors (Lipinski definition) is 4. The summed E-state index contributed by atoms with van der Waals surface area (Å²) in [6, 6.07) is 20.6. The smallest absolute Gasteiger partial charge is 0.332 e. The maximum Gasteiger partial charge on any atom is 0.332 e. The number of rotatable bonds is 6. The van der Waals surface area contributed by atoms with Gasteiger partial charge in [-0.3, -0.25) is 18.7 Å². The van der Waals surface area contributed by atoms with Gasteiger partial charge in [-0.15, -0.1) is 0 Å². The Morgan fingerprint density at radius 3 is 2.47 bits per heavy atom. The van der Waals surface area contributed by atoms with Crippen molar-refractivity contribution in [2.24, 2.45) is 0 Å². The second-order valence-electron chi connectivity index (χ2n) is 7.18. The Kier molecular flexibility index (Phi) is 6.09. The van der Waals surface area contributed by atoms with Gasteiger partial charge in [0.2, 0.25) is 5.91 Å². The summed E-state index contributed by atoms with van der Waals surface area (Å²) in [4.78, 5) is 39.0. The minimum absolute atomic E-state index is 0.0666. The van der Waals surface area contributed by atoms with Crippen molar-refractivity contribution in [3.8, 4) is 5.75 Å². The van der Waals surface area contributed by atoms with Crippen molar-refractivity contribution >= 4 is 34.1 Å². The lowest BCUT2D eigenvalue weighted by atomic mass is 10.2. The molecule has 1 aromatic heterocycles. The Bertz CT molecular complexity index is 1410. The van der Waals surface area contributed by atoms with E-state index >= 15 is 0 Å². The van der Waals surface area contributed by atoms with E-state index < -0.39 is 17.2 Å². The standard InChI is InChI=1S/C24H20ClN3O4/c1-32-19-6-4-5-18(13-19)26-22(29)15-27-21-8-3-2-7-20(21)23(30)28(24(27)31)14-16-9-11-17(25)12-10-16/h2-13H,14-15H2,1H3,(H,26,29). The number of amides is 1. The molecule has 4 rings (SSSR count). The largest absolute Gasteiger partial charge is 0.497 e. The topological polar surface area (TPSA) is 82.3 Å². The predicted molar refractivity (Wildman–Crippen MR) is 125 cm³/mol. The Labute approximate surface area is 188 Å². The van der Waals surface area contributed by atoms with Crippen molar-refractivity contribution in [1.29, 1.82) is 0 Å². The van der Waals surface area contributed by atoms with Gasteiger partial charge in [0.15, 0.2) is 0 Å². The number of nitrogens with zero attached hydrogens (tertiary/aromatic N) is 2. The summed E-state index contributed by atoms with van der Waals surface area (Å²) in [7, 11) is 1.54. The minimum Gasteiger partial charge on any atom is -0.497 e. The van der Waals surface area contributed by atoms with Gasteiger partial charge in [-0.2, -0.15) is 0 Å².